The van der Waals surface area contributed by atoms with E-state index < -0.39 is 0 Å². The van der Waals surface area contributed by atoms with E-state index in [4.69, 9.17) is 17.2 Å². The highest BCUT2D eigenvalue weighted by Gasteiger charge is 2.03. The molecule has 0 aliphatic heterocycles. The quantitative estimate of drug-likeness (QED) is 0.459. The van der Waals surface area contributed by atoms with E-state index in [0.29, 0.717) is 5.69 Å². The molecule has 0 fully saturated rings. The van der Waals surface area contributed by atoms with Crippen molar-refractivity contribution in [2.45, 2.75) is 4.90 Å². The van der Waals surface area contributed by atoms with E-state index in [1.54, 1.807) is 11.8 Å². The highest BCUT2D eigenvalue weighted by molar-refractivity contribution is 7.98. The molecular formula is C15H17N5S. The Kier molecular flexibility index (Phi) is 4.84. The van der Waals surface area contributed by atoms with E-state index in [1.165, 1.54) is 10.5 Å². The van der Waals surface area contributed by atoms with Crippen molar-refractivity contribution < 1.29 is 0 Å². The fraction of sp³-hybridized carbons (Fsp3) is 0.0667. The van der Waals surface area contributed by atoms with Crippen LogP contribution in [0, 0.1) is 0 Å². The molecule has 2 rings (SSSR count). The third-order valence-electron chi connectivity index (χ3n) is 2.77. The molecule has 108 valence electrons. The van der Waals surface area contributed by atoms with Gasteiger partial charge in [-0.05, 0) is 35.6 Å². The van der Waals surface area contributed by atoms with Crippen LogP contribution >= 0.6 is 11.8 Å². The van der Waals surface area contributed by atoms with Crippen molar-refractivity contribution in [2.24, 2.45) is 27.2 Å². The predicted molar refractivity (Wildman–Crippen MR) is 90.8 cm³/mol. The first-order valence-electron chi connectivity index (χ1n) is 6.27. The molecule has 2 aromatic rings. The van der Waals surface area contributed by atoms with Crippen LogP contribution in [0.25, 0.3) is 11.1 Å². The monoisotopic (exact) mass is 299 g/mol. The van der Waals surface area contributed by atoms with Crippen LogP contribution < -0.4 is 17.2 Å². The molecule has 0 aromatic heterocycles. The molecule has 0 aliphatic rings. The van der Waals surface area contributed by atoms with Gasteiger partial charge in [0.25, 0.3) is 0 Å². The minimum absolute atomic E-state index is 0.0345. The van der Waals surface area contributed by atoms with Gasteiger partial charge in [0.2, 0.25) is 5.96 Å². The van der Waals surface area contributed by atoms with E-state index >= 15 is 0 Å². The summed E-state index contributed by atoms with van der Waals surface area (Å²) < 4.78 is 0. The summed E-state index contributed by atoms with van der Waals surface area (Å²) in [5, 5.41) is 0. The first-order valence-corrected chi connectivity index (χ1v) is 7.50. The van der Waals surface area contributed by atoms with Gasteiger partial charge < -0.3 is 17.2 Å². The van der Waals surface area contributed by atoms with Crippen LogP contribution in [0.4, 0.5) is 5.69 Å². The van der Waals surface area contributed by atoms with E-state index in [-0.39, 0.29) is 11.9 Å². The second kappa shape index (κ2) is 6.81. The molecule has 0 saturated heterocycles. The SMILES string of the molecule is CSc1ccccc1-c1ccc(N=C(N)N=C(N)N)cc1. The zero-order chi connectivity index (χ0) is 15.2. The summed E-state index contributed by atoms with van der Waals surface area (Å²) >= 11 is 1.72. The average molecular weight is 299 g/mol. The van der Waals surface area contributed by atoms with Gasteiger partial charge in [-0.3, -0.25) is 0 Å². The first-order chi connectivity index (χ1) is 10.1. The highest BCUT2D eigenvalue weighted by Crippen LogP contribution is 2.30. The normalized spacial score (nSPS) is 11.2. The minimum Gasteiger partial charge on any atom is -0.370 e. The summed E-state index contributed by atoms with van der Waals surface area (Å²) in [7, 11) is 0. The van der Waals surface area contributed by atoms with Gasteiger partial charge >= 0.3 is 0 Å². The van der Waals surface area contributed by atoms with Crippen LogP contribution in [0.2, 0.25) is 0 Å². The summed E-state index contributed by atoms with van der Waals surface area (Å²) in [5.74, 6) is -0.0750. The number of hydrogen-bond acceptors (Lipinski definition) is 2. The number of guanidine groups is 2. The lowest BCUT2D eigenvalue weighted by atomic mass is 10.1. The maximum atomic E-state index is 5.60. The lowest BCUT2D eigenvalue weighted by Gasteiger charge is -2.07. The van der Waals surface area contributed by atoms with Crippen molar-refractivity contribution in [2.75, 3.05) is 6.26 Å². The van der Waals surface area contributed by atoms with Gasteiger partial charge in [-0.2, -0.15) is 4.99 Å². The lowest BCUT2D eigenvalue weighted by molar-refractivity contribution is 1.38. The van der Waals surface area contributed by atoms with Crippen LogP contribution in [0.15, 0.2) is 63.4 Å². The molecule has 6 N–H and O–H groups in total. The van der Waals surface area contributed by atoms with Crippen molar-refractivity contribution in [3.63, 3.8) is 0 Å². The standard InChI is InChI=1S/C15H17N5S/c1-21-13-5-3-2-4-12(13)10-6-8-11(9-7-10)19-15(18)20-14(16)17/h2-9H,1H3,(H6,16,17,18,19,20). The minimum atomic E-state index is -0.109. The third-order valence-corrected chi connectivity index (χ3v) is 3.57. The second-order valence-electron chi connectivity index (χ2n) is 4.25. The summed E-state index contributed by atoms with van der Waals surface area (Å²) in [6, 6.07) is 16.0. The number of benzene rings is 2. The van der Waals surface area contributed by atoms with Crippen molar-refractivity contribution in [1.82, 2.24) is 0 Å². The summed E-state index contributed by atoms with van der Waals surface area (Å²) in [4.78, 5) is 9.03. The molecule has 2 aromatic carbocycles. The smallest absolute Gasteiger partial charge is 0.223 e. The maximum absolute atomic E-state index is 5.60. The molecule has 21 heavy (non-hydrogen) atoms. The fourth-order valence-corrected chi connectivity index (χ4v) is 2.51. The van der Waals surface area contributed by atoms with Crippen LogP contribution in [0.1, 0.15) is 0 Å². The molecule has 0 amide bonds. The summed E-state index contributed by atoms with van der Waals surface area (Å²) in [6.45, 7) is 0. The Bertz CT molecular complexity index is 673. The van der Waals surface area contributed by atoms with Gasteiger partial charge in [-0.25, -0.2) is 4.99 Å². The van der Waals surface area contributed by atoms with Gasteiger partial charge in [0, 0.05) is 4.90 Å². The molecule has 0 unspecified atom stereocenters. The molecule has 0 radical (unpaired) electrons. The first kappa shape index (κ1) is 14.9. The largest absolute Gasteiger partial charge is 0.370 e. The van der Waals surface area contributed by atoms with E-state index in [1.807, 2.05) is 36.4 Å². The predicted octanol–water partition coefficient (Wildman–Crippen LogP) is 2.30. The molecule has 0 spiro atoms. The van der Waals surface area contributed by atoms with Gasteiger partial charge in [0.05, 0.1) is 5.69 Å². The molecule has 0 atom stereocenters. The van der Waals surface area contributed by atoms with Crippen molar-refractivity contribution in [1.29, 1.82) is 0 Å². The Hall–Kier alpha value is -2.47. The molecule has 0 saturated carbocycles. The number of hydrogen-bond donors (Lipinski definition) is 3. The van der Waals surface area contributed by atoms with Crippen molar-refractivity contribution >= 4 is 29.4 Å². The van der Waals surface area contributed by atoms with E-state index in [0.717, 1.165) is 5.56 Å². The van der Waals surface area contributed by atoms with Gasteiger partial charge in [0.15, 0.2) is 5.96 Å². The molecule has 6 heteroatoms. The van der Waals surface area contributed by atoms with E-state index in [9.17, 15) is 0 Å². The van der Waals surface area contributed by atoms with Crippen LogP contribution in [-0.2, 0) is 0 Å². The van der Waals surface area contributed by atoms with Crippen LogP contribution in [-0.4, -0.2) is 18.2 Å². The number of aliphatic imine (C=N–C) groups is 2. The van der Waals surface area contributed by atoms with Gasteiger partial charge in [-0.15, -0.1) is 11.8 Å². The lowest BCUT2D eigenvalue weighted by Crippen LogP contribution is -2.26. The summed E-state index contributed by atoms with van der Waals surface area (Å²) in [5.41, 5.74) is 19.1. The summed E-state index contributed by atoms with van der Waals surface area (Å²) in [6.07, 6.45) is 2.06. The van der Waals surface area contributed by atoms with Gasteiger partial charge in [0.1, 0.15) is 0 Å². The second-order valence-corrected chi connectivity index (χ2v) is 5.10. The van der Waals surface area contributed by atoms with Crippen molar-refractivity contribution in [3.8, 4) is 11.1 Å². The Balaban J connectivity index is 2.29. The zero-order valence-corrected chi connectivity index (χ0v) is 12.5. The molecule has 0 bridgehead atoms. The van der Waals surface area contributed by atoms with Gasteiger partial charge in [-0.1, -0.05) is 30.3 Å². The number of nitrogens with two attached hydrogens (primary N) is 3. The number of nitrogens with zero attached hydrogens (tertiary/aromatic N) is 2. The van der Waals surface area contributed by atoms with Crippen molar-refractivity contribution in [3.05, 3.63) is 48.5 Å². The molecule has 5 nitrogen and oxygen atoms in total. The Morgan fingerprint density at radius 3 is 2.24 bits per heavy atom. The topological polar surface area (TPSA) is 103 Å². The Morgan fingerprint density at radius 2 is 1.62 bits per heavy atom. The maximum Gasteiger partial charge on any atom is 0.223 e. The number of rotatable bonds is 3. The third kappa shape index (κ3) is 4.00. The fourth-order valence-electron chi connectivity index (χ4n) is 1.89. The molecular weight excluding hydrogens is 282 g/mol. The average Bonchev–Trinajstić information content (AvgIpc) is 2.47. The Morgan fingerprint density at radius 1 is 0.952 bits per heavy atom. The Labute approximate surface area is 128 Å². The van der Waals surface area contributed by atoms with Crippen LogP contribution in [0.3, 0.4) is 0 Å². The number of thioether (sulfide) groups is 1. The van der Waals surface area contributed by atoms with Crippen LogP contribution in [0.5, 0.6) is 0 Å². The molecule has 0 aliphatic carbocycles. The van der Waals surface area contributed by atoms with E-state index in [2.05, 4.69) is 28.4 Å². The zero-order valence-electron chi connectivity index (χ0n) is 11.7. The molecule has 0 heterocycles. The highest BCUT2D eigenvalue weighted by atomic mass is 32.2.